The number of rotatable bonds is 5. The normalized spacial score (nSPS) is 15.4. The molecular formula is C14H16N4O3S. The van der Waals surface area contributed by atoms with Gasteiger partial charge >= 0.3 is 0 Å². The van der Waals surface area contributed by atoms with Gasteiger partial charge in [-0.1, -0.05) is 0 Å². The first kappa shape index (κ1) is 14.7. The van der Waals surface area contributed by atoms with Crippen LogP contribution in [0.1, 0.15) is 25.5 Å². The molecule has 1 fully saturated rings. The van der Waals surface area contributed by atoms with Crippen molar-refractivity contribution in [2.24, 2.45) is 5.73 Å². The van der Waals surface area contributed by atoms with Crippen molar-refractivity contribution in [3.63, 3.8) is 0 Å². The van der Waals surface area contributed by atoms with E-state index in [1.54, 1.807) is 17.5 Å². The molecule has 2 aromatic rings. The monoisotopic (exact) mass is 320 g/mol. The first-order chi connectivity index (χ1) is 10.5. The molecule has 8 heteroatoms. The number of hydrogen-bond donors (Lipinski definition) is 3. The predicted octanol–water partition coefficient (Wildman–Crippen LogP) is 1.47. The molecule has 0 aliphatic heterocycles. The maximum atomic E-state index is 11.9. The Balaban J connectivity index is 1.65. The summed E-state index contributed by atoms with van der Waals surface area (Å²) in [6.07, 6.45) is 1.42. The van der Waals surface area contributed by atoms with Crippen molar-refractivity contribution >= 4 is 28.3 Å². The van der Waals surface area contributed by atoms with E-state index < -0.39 is 5.54 Å². The molecule has 0 radical (unpaired) electrons. The molecule has 2 heterocycles. The van der Waals surface area contributed by atoms with Crippen LogP contribution in [0.15, 0.2) is 21.9 Å². The lowest BCUT2D eigenvalue weighted by molar-refractivity contribution is -0.119. The molecule has 2 amide bonds. The number of amides is 2. The summed E-state index contributed by atoms with van der Waals surface area (Å²) in [5, 5.41) is 7.68. The summed E-state index contributed by atoms with van der Waals surface area (Å²) in [5.41, 5.74) is 5.74. The van der Waals surface area contributed by atoms with Gasteiger partial charge < -0.3 is 20.8 Å². The minimum Gasteiger partial charge on any atom is -0.458 e. The fraction of sp³-hybridized carbons (Fsp3) is 0.357. The maximum absolute atomic E-state index is 11.9. The number of carbonyl (C=O) groups excluding carboxylic acids is 2. The van der Waals surface area contributed by atoms with Crippen LogP contribution in [-0.4, -0.2) is 22.3 Å². The van der Waals surface area contributed by atoms with Crippen LogP contribution in [0, 0.1) is 0 Å². The molecule has 22 heavy (non-hydrogen) atoms. The molecule has 0 spiro atoms. The summed E-state index contributed by atoms with van der Waals surface area (Å²) in [6, 6.07) is 3.56. The molecule has 3 rings (SSSR count). The Hall–Kier alpha value is -2.19. The minimum absolute atomic E-state index is 0.118. The molecule has 0 bridgehead atoms. The van der Waals surface area contributed by atoms with Crippen molar-refractivity contribution < 1.29 is 14.0 Å². The third-order valence-corrected chi connectivity index (χ3v) is 4.15. The van der Waals surface area contributed by atoms with Gasteiger partial charge in [-0.3, -0.25) is 9.59 Å². The second kappa shape index (κ2) is 5.54. The zero-order valence-corrected chi connectivity index (χ0v) is 12.8. The summed E-state index contributed by atoms with van der Waals surface area (Å²) < 4.78 is 5.61. The second-order valence-corrected chi connectivity index (χ2v) is 6.18. The fourth-order valence-corrected chi connectivity index (χ4v) is 2.54. The molecule has 1 saturated carbocycles. The fourth-order valence-electron chi connectivity index (χ4n) is 1.85. The lowest BCUT2D eigenvalue weighted by Gasteiger charge is -2.06. The molecule has 0 unspecified atom stereocenters. The van der Waals surface area contributed by atoms with Crippen LogP contribution in [0.5, 0.6) is 0 Å². The number of hydrogen-bond acceptors (Lipinski definition) is 6. The first-order valence-corrected chi connectivity index (χ1v) is 7.74. The topological polar surface area (TPSA) is 110 Å². The van der Waals surface area contributed by atoms with Crippen LogP contribution in [-0.2, 0) is 16.1 Å². The number of furan rings is 1. The predicted molar refractivity (Wildman–Crippen MR) is 82.1 cm³/mol. The van der Waals surface area contributed by atoms with Crippen LogP contribution >= 0.6 is 11.3 Å². The molecular weight excluding hydrogens is 304 g/mol. The van der Waals surface area contributed by atoms with Gasteiger partial charge in [-0.2, -0.15) is 0 Å². The van der Waals surface area contributed by atoms with Gasteiger partial charge in [0, 0.05) is 12.3 Å². The van der Waals surface area contributed by atoms with Crippen molar-refractivity contribution in [3.8, 4) is 11.5 Å². The number of nitrogens with zero attached hydrogens (tertiary/aromatic N) is 1. The summed E-state index contributed by atoms with van der Waals surface area (Å²) >= 11 is 1.32. The Bertz CT molecular complexity index is 717. The highest BCUT2D eigenvalue weighted by Gasteiger charge is 2.46. The molecule has 2 aromatic heterocycles. The molecule has 4 N–H and O–H groups in total. The Labute approximate surface area is 130 Å². The zero-order valence-electron chi connectivity index (χ0n) is 12.0. The van der Waals surface area contributed by atoms with Crippen molar-refractivity contribution in [1.82, 2.24) is 10.3 Å². The van der Waals surface area contributed by atoms with Crippen molar-refractivity contribution in [2.45, 2.75) is 31.8 Å². The summed E-state index contributed by atoms with van der Waals surface area (Å²) in [7, 11) is 0. The van der Waals surface area contributed by atoms with E-state index in [1.807, 2.05) is 0 Å². The van der Waals surface area contributed by atoms with Gasteiger partial charge in [-0.15, -0.1) is 11.3 Å². The largest absolute Gasteiger partial charge is 0.458 e. The van der Waals surface area contributed by atoms with E-state index in [0.717, 1.165) is 0 Å². The van der Waals surface area contributed by atoms with Crippen molar-refractivity contribution in [2.75, 3.05) is 5.32 Å². The van der Waals surface area contributed by atoms with E-state index in [4.69, 9.17) is 10.2 Å². The average molecular weight is 320 g/mol. The van der Waals surface area contributed by atoms with Crippen molar-refractivity contribution in [3.05, 3.63) is 23.3 Å². The van der Waals surface area contributed by atoms with Crippen LogP contribution in [0.4, 0.5) is 5.13 Å². The zero-order chi connectivity index (χ0) is 15.7. The highest BCUT2D eigenvalue weighted by atomic mass is 32.1. The van der Waals surface area contributed by atoms with E-state index >= 15 is 0 Å². The number of carbonyl (C=O) groups is 2. The van der Waals surface area contributed by atoms with E-state index in [-0.39, 0.29) is 11.8 Å². The molecule has 0 aromatic carbocycles. The maximum Gasteiger partial charge on any atom is 0.246 e. The first-order valence-electron chi connectivity index (χ1n) is 6.86. The lowest BCUT2D eigenvalue weighted by atomic mass is 10.3. The smallest absolute Gasteiger partial charge is 0.246 e. The van der Waals surface area contributed by atoms with E-state index in [1.165, 1.54) is 18.3 Å². The van der Waals surface area contributed by atoms with E-state index in [9.17, 15) is 9.59 Å². The lowest BCUT2D eigenvalue weighted by Crippen LogP contribution is -2.37. The molecule has 7 nitrogen and oxygen atoms in total. The number of nitrogens with one attached hydrogen (secondary N) is 2. The quantitative estimate of drug-likeness (QED) is 0.772. The SMILES string of the molecule is CC(=O)NCc1ccc(-c2csc(NC(=O)C3(N)CC3)n2)o1. The van der Waals surface area contributed by atoms with Crippen LogP contribution < -0.4 is 16.4 Å². The van der Waals surface area contributed by atoms with E-state index in [0.29, 0.717) is 41.7 Å². The molecule has 1 aliphatic carbocycles. The number of nitrogens with two attached hydrogens (primary N) is 1. The van der Waals surface area contributed by atoms with Gasteiger partial charge in [-0.05, 0) is 25.0 Å². The summed E-state index contributed by atoms with van der Waals surface area (Å²) in [5.74, 6) is 0.917. The Kier molecular flexibility index (Phi) is 3.71. The average Bonchev–Trinajstić information content (AvgIpc) is 2.92. The Morgan fingerprint density at radius 3 is 2.91 bits per heavy atom. The molecule has 0 saturated heterocycles. The number of aromatic nitrogens is 1. The van der Waals surface area contributed by atoms with Gasteiger partial charge in [0.05, 0.1) is 12.1 Å². The highest BCUT2D eigenvalue weighted by Crippen LogP contribution is 2.34. The molecule has 1 aliphatic rings. The van der Waals surface area contributed by atoms with Gasteiger partial charge in [0.15, 0.2) is 10.9 Å². The summed E-state index contributed by atoms with van der Waals surface area (Å²) in [4.78, 5) is 27.1. The van der Waals surface area contributed by atoms with Gasteiger partial charge in [0.1, 0.15) is 11.5 Å². The van der Waals surface area contributed by atoms with Crippen LogP contribution in [0.3, 0.4) is 0 Å². The van der Waals surface area contributed by atoms with Crippen molar-refractivity contribution in [1.29, 1.82) is 0 Å². The minimum atomic E-state index is -0.720. The Morgan fingerprint density at radius 1 is 1.45 bits per heavy atom. The van der Waals surface area contributed by atoms with Gasteiger partial charge in [0.25, 0.3) is 0 Å². The van der Waals surface area contributed by atoms with Crippen LogP contribution in [0.25, 0.3) is 11.5 Å². The number of anilines is 1. The van der Waals surface area contributed by atoms with Crippen LogP contribution in [0.2, 0.25) is 0 Å². The van der Waals surface area contributed by atoms with Gasteiger partial charge in [-0.25, -0.2) is 4.98 Å². The van der Waals surface area contributed by atoms with Gasteiger partial charge in [0.2, 0.25) is 11.8 Å². The third-order valence-electron chi connectivity index (χ3n) is 3.39. The Morgan fingerprint density at radius 2 is 2.23 bits per heavy atom. The standard InChI is InChI=1S/C14H16N4O3S/c1-8(19)16-6-9-2-3-11(21-9)10-7-22-13(17-10)18-12(20)14(15)4-5-14/h2-3,7H,4-6,15H2,1H3,(H,16,19)(H,17,18,20). The molecule has 0 atom stereocenters. The van der Waals surface area contributed by atoms with E-state index in [2.05, 4.69) is 15.6 Å². The second-order valence-electron chi connectivity index (χ2n) is 5.32. The number of thiazole rings is 1. The summed E-state index contributed by atoms with van der Waals surface area (Å²) in [6.45, 7) is 1.78. The highest BCUT2D eigenvalue weighted by molar-refractivity contribution is 7.14. The molecule has 116 valence electrons. The third kappa shape index (κ3) is 3.18.